The fraction of sp³-hybridized carbons (Fsp3) is 0.567. The van der Waals surface area contributed by atoms with Gasteiger partial charge in [-0.3, -0.25) is 0 Å². The number of nitrogens with zero attached hydrogens (tertiary/aromatic N) is 2. The number of Topliss-reactive ketones (excluding diaryl/α,β-unsaturated/α-hetero) is 1. The first kappa shape index (κ1) is 31.3. The molecule has 1 aromatic carbocycles. The average molecular weight is 586 g/mol. The van der Waals surface area contributed by atoms with Crippen LogP contribution in [0.25, 0.3) is 0 Å². The van der Waals surface area contributed by atoms with Crippen LogP contribution >= 0.6 is 11.6 Å². The Kier molecular flexibility index (Phi) is 8.55. The molecule has 0 aliphatic heterocycles. The number of aliphatic hydroxyl groups excluding tert-OH is 2. The number of benzene rings is 1. The van der Waals surface area contributed by atoms with Gasteiger partial charge in [0.05, 0.1) is 0 Å². The van der Waals surface area contributed by atoms with E-state index in [4.69, 9.17) is 17.3 Å². The molecule has 9 nitrogen and oxygen atoms in total. The van der Waals surface area contributed by atoms with E-state index < -0.39 is 40.9 Å². The Bertz CT molecular complexity index is 1370. The number of ketones is 1. The van der Waals surface area contributed by atoms with Crippen molar-refractivity contribution in [3.63, 3.8) is 0 Å². The van der Waals surface area contributed by atoms with Crippen molar-refractivity contribution < 1.29 is 30.0 Å². The summed E-state index contributed by atoms with van der Waals surface area (Å²) in [5.74, 6) is -3.75. The SMILES string of the molecule is B=C1C(C(N)=O)=C(O)[C@@H](N(C)C)[C@@H]2C[C@@H]3Cc4c(Cl)c(CN(CCC(C)C)C(C)C)cc(O)c4C(=O)C3=C(O)C12O. The van der Waals surface area contributed by atoms with Crippen LogP contribution < -0.4 is 5.73 Å². The van der Waals surface area contributed by atoms with Crippen molar-refractivity contribution in [2.45, 2.75) is 71.2 Å². The molecule has 0 saturated heterocycles. The van der Waals surface area contributed by atoms with Crippen molar-refractivity contribution in [3.8, 4) is 5.75 Å². The number of hydrogen-bond donors (Lipinski definition) is 5. The summed E-state index contributed by atoms with van der Waals surface area (Å²) in [5, 5.41) is 46.1. The van der Waals surface area contributed by atoms with Gasteiger partial charge >= 0.3 is 208 Å². The molecule has 41 heavy (non-hydrogen) atoms. The van der Waals surface area contributed by atoms with Crippen LogP contribution in [-0.4, -0.2) is 93.2 Å². The van der Waals surface area contributed by atoms with E-state index in [-0.39, 0.29) is 52.6 Å². The van der Waals surface area contributed by atoms with Gasteiger partial charge in [-0.1, -0.05) is 13.8 Å². The van der Waals surface area contributed by atoms with Crippen molar-refractivity contribution in [2.24, 2.45) is 23.5 Å². The molecule has 0 heterocycles. The van der Waals surface area contributed by atoms with Crippen LogP contribution in [0, 0.1) is 17.8 Å². The zero-order valence-electron chi connectivity index (χ0n) is 24.7. The standard InChI is InChI=1S/C30H41BClN3O6/c1-13(2)7-8-35(14(3)4)12-16-11-19(36)21-17(23(16)32)9-15-10-18-24(34(5)6)26(38)22(29(33)40)27(31)30(18,41)28(39)20(15)25(21)37/h11,13-15,18,24,31,36,38-39,41H,7-10,12H2,1-6H3,(H2,33,40)/t15-,18-,24-,30?/m0/s1. The van der Waals surface area contributed by atoms with Crippen molar-refractivity contribution in [1.29, 1.82) is 0 Å². The predicted octanol–water partition coefficient (Wildman–Crippen LogP) is 2.53. The van der Waals surface area contributed by atoms with E-state index in [1.165, 1.54) is 6.07 Å². The van der Waals surface area contributed by atoms with E-state index >= 15 is 0 Å². The molecule has 0 spiro atoms. The van der Waals surface area contributed by atoms with Gasteiger partial charge in [0.15, 0.2) is 0 Å². The van der Waals surface area contributed by atoms with E-state index in [0.29, 0.717) is 28.6 Å². The maximum absolute atomic E-state index is 13.9. The van der Waals surface area contributed by atoms with Crippen LogP contribution in [0.15, 0.2) is 28.7 Å². The van der Waals surface area contributed by atoms with E-state index in [1.54, 1.807) is 19.0 Å². The fourth-order valence-corrected chi connectivity index (χ4v) is 7.08. The number of fused-ring (bicyclic) bond motifs is 3. The van der Waals surface area contributed by atoms with Crippen LogP contribution in [0.2, 0.25) is 5.02 Å². The van der Waals surface area contributed by atoms with Crippen LogP contribution in [-0.2, 0) is 17.8 Å². The number of rotatable bonds is 8. The number of allylic oxidation sites excluding steroid dienone is 1. The molecular formula is C30H41BClN3O6. The Labute approximate surface area is 247 Å². The zero-order valence-corrected chi connectivity index (χ0v) is 25.4. The number of carbonyl (C=O) groups is 2. The molecule has 4 atom stereocenters. The number of nitrogens with two attached hydrogens (primary N) is 1. The first-order valence-corrected chi connectivity index (χ1v) is 14.5. The van der Waals surface area contributed by atoms with Gasteiger partial charge in [-0.15, -0.1) is 0 Å². The first-order chi connectivity index (χ1) is 19.0. The van der Waals surface area contributed by atoms with E-state index in [2.05, 4.69) is 40.1 Å². The summed E-state index contributed by atoms with van der Waals surface area (Å²) in [6, 6.07) is 0.861. The molecule has 1 amide bonds. The van der Waals surface area contributed by atoms with Gasteiger partial charge in [0.25, 0.3) is 0 Å². The van der Waals surface area contributed by atoms with Gasteiger partial charge in [0.2, 0.25) is 0 Å². The Hall–Kier alpha value is -2.66. The molecule has 11 heteroatoms. The van der Waals surface area contributed by atoms with Crippen molar-refractivity contribution in [1.82, 2.24) is 9.80 Å². The molecule has 1 unspecified atom stereocenters. The molecule has 6 N–H and O–H groups in total. The summed E-state index contributed by atoms with van der Waals surface area (Å²) in [6.45, 7) is 9.89. The number of phenols is 1. The topological polar surface area (TPSA) is 148 Å². The summed E-state index contributed by atoms with van der Waals surface area (Å²) < 4.78 is 0. The number of primary amides is 1. The second-order valence-electron chi connectivity index (χ2n) is 12.6. The number of halogens is 1. The molecular weight excluding hydrogens is 545 g/mol. The van der Waals surface area contributed by atoms with Gasteiger partial charge in [0, 0.05) is 0 Å². The second-order valence-corrected chi connectivity index (χ2v) is 13.0. The Morgan fingerprint density at radius 1 is 1.22 bits per heavy atom. The Balaban J connectivity index is 1.82. The summed E-state index contributed by atoms with van der Waals surface area (Å²) in [4.78, 5) is 30.1. The fourth-order valence-electron chi connectivity index (χ4n) is 6.80. The number of phenolic OH excluding ortho intramolecular Hbond substituents is 1. The summed E-state index contributed by atoms with van der Waals surface area (Å²) in [6.07, 6.45) is 1.41. The number of likely N-dealkylation sites (N-methyl/N-ethyl adjacent to an activating group) is 1. The number of aromatic hydroxyl groups is 1. The molecule has 0 fully saturated rings. The normalized spacial score (nSPS) is 26.3. The monoisotopic (exact) mass is 585 g/mol. The number of carbonyl (C=O) groups excluding carboxylic acids is 2. The Morgan fingerprint density at radius 2 is 1.85 bits per heavy atom. The molecule has 3 aliphatic carbocycles. The third-order valence-corrected chi connectivity index (χ3v) is 9.49. The first-order valence-electron chi connectivity index (χ1n) is 14.1. The van der Waals surface area contributed by atoms with Gasteiger partial charge in [-0.25, -0.2) is 0 Å². The number of amides is 1. The van der Waals surface area contributed by atoms with E-state index in [9.17, 15) is 30.0 Å². The minimum atomic E-state index is -2.22. The van der Waals surface area contributed by atoms with Crippen LogP contribution in [0.3, 0.4) is 0 Å². The molecule has 3 aliphatic rings. The third kappa shape index (κ3) is 5.03. The second kappa shape index (κ2) is 11.2. The quantitative estimate of drug-likeness (QED) is 0.293. The molecule has 0 saturated carbocycles. The van der Waals surface area contributed by atoms with Gasteiger partial charge in [-0.05, 0) is 26.2 Å². The third-order valence-electron chi connectivity index (χ3n) is 9.02. The maximum atomic E-state index is 13.9. The Morgan fingerprint density at radius 3 is 2.39 bits per heavy atom. The minimum absolute atomic E-state index is 0.00373. The van der Waals surface area contributed by atoms with Crippen LogP contribution in [0.1, 0.15) is 62.0 Å². The molecule has 222 valence electrons. The molecule has 4 rings (SSSR count). The number of hydrogen-bond acceptors (Lipinski definition) is 8. The van der Waals surface area contributed by atoms with Crippen molar-refractivity contribution in [2.75, 3.05) is 20.6 Å². The summed E-state index contributed by atoms with van der Waals surface area (Å²) in [7, 11) is 7.16. The molecule has 0 aromatic heterocycles. The number of aliphatic hydroxyl groups is 3. The van der Waals surface area contributed by atoms with Gasteiger partial charge < -0.3 is 0 Å². The summed E-state index contributed by atoms with van der Waals surface area (Å²) >= 11 is 6.95. The predicted molar refractivity (Wildman–Crippen MR) is 161 cm³/mol. The summed E-state index contributed by atoms with van der Waals surface area (Å²) in [5.41, 5.74) is 3.82. The van der Waals surface area contributed by atoms with E-state index in [1.807, 2.05) is 0 Å². The molecule has 0 bridgehead atoms. The van der Waals surface area contributed by atoms with Crippen molar-refractivity contribution in [3.05, 3.63) is 50.4 Å². The molecule has 1 aromatic rings. The molecule has 0 radical (unpaired) electrons. The van der Waals surface area contributed by atoms with Gasteiger partial charge in [0.1, 0.15) is 0 Å². The zero-order chi connectivity index (χ0) is 30.7. The van der Waals surface area contributed by atoms with E-state index in [0.717, 1.165) is 13.0 Å². The van der Waals surface area contributed by atoms with Gasteiger partial charge in [-0.2, -0.15) is 0 Å². The van der Waals surface area contributed by atoms with Crippen LogP contribution in [0.4, 0.5) is 0 Å². The van der Waals surface area contributed by atoms with Crippen molar-refractivity contribution >= 4 is 36.2 Å². The van der Waals surface area contributed by atoms with Crippen LogP contribution in [0.5, 0.6) is 5.75 Å². The average Bonchev–Trinajstić information content (AvgIpc) is 2.85.